The van der Waals surface area contributed by atoms with Gasteiger partial charge in [-0.3, -0.25) is 9.69 Å². The van der Waals surface area contributed by atoms with Crippen LogP contribution in [-0.2, 0) is 11.2 Å². The standard InChI is InChI=1S/C18H16N2O2S/c1-2-13-5-3-4-6-16(13)20-17(22)15(19-18(20)23)11-12-7-9-14(21)10-8-12/h3-11,21H,2H2,1H3,(H,19,23)/b15-11+. The lowest BCUT2D eigenvalue weighted by Gasteiger charge is -2.17. The molecule has 2 aromatic carbocycles. The Labute approximate surface area is 140 Å². The Bertz CT molecular complexity index is 797. The molecule has 0 saturated carbocycles. The number of phenolic OH excluding ortho intramolecular Hbond substituents is 1. The minimum atomic E-state index is -0.177. The molecule has 1 aliphatic rings. The number of hydrogen-bond acceptors (Lipinski definition) is 3. The molecule has 23 heavy (non-hydrogen) atoms. The zero-order valence-electron chi connectivity index (χ0n) is 12.6. The van der Waals surface area contributed by atoms with E-state index in [0.717, 1.165) is 23.2 Å². The molecule has 5 heteroatoms. The van der Waals surface area contributed by atoms with Crippen molar-refractivity contribution in [1.82, 2.24) is 5.32 Å². The SMILES string of the molecule is CCc1ccccc1N1C(=O)/C(=C\c2ccc(O)cc2)NC1=S. The van der Waals surface area contributed by atoms with Crippen molar-refractivity contribution in [2.45, 2.75) is 13.3 Å². The normalized spacial score (nSPS) is 16.0. The van der Waals surface area contributed by atoms with Gasteiger partial charge in [-0.2, -0.15) is 0 Å². The number of carbonyl (C=O) groups is 1. The smallest absolute Gasteiger partial charge is 0.281 e. The van der Waals surface area contributed by atoms with Crippen LogP contribution in [0, 0.1) is 0 Å². The van der Waals surface area contributed by atoms with Gasteiger partial charge >= 0.3 is 0 Å². The Morgan fingerprint density at radius 3 is 2.57 bits per heavy atom. The number of nitrogens with one attached hydrogen (secondary N) is 1. The number of aromatic hydroxyl groups is 1. The Balaban J connectivity index is 1.95. The maximum atomic E-state index is 12.7. The van der Waals surface area contributed by atoms with Crippen LogP contribution < -0.4 is 10.2 Å². The van der Waals surface area contributed by atoms with Crippen LogP contribution in [0.15, 0.2) is 54.2 Å². The van der Waals surface area contributed by atoms with Crippen LogP contribution in [0.1, 0.15) is 18.1 Å². The summed E-state index contributed by atoms with van der Waals surface area (Å²) in [5, 5.41) is 12.7. The highest BCUT2D eigenvalue weighted by atomic mass is 32.1. The minimum Gasteiger partial charge on any atom is -0.508 e. The van der Waals surface area contributed by atoms with Gasteiger partial charge in [0.05, 0.1) is 5.69 Å². The lowest BCUT2D eigenvalue weighted by Crippen LogP contribution is -2.31. The number of phenols is 1. The summed E-state index contributed by atoms with van der Waals surface area (Å²) >= 11 is 5.33. The highest BCUT2D eigenvalue weighted by Crippen LogP contribution is 2.26. The predicted octanol–water partition coefficient (Wildman–Crippen LogP) is 3.22. The molecule has 3 rings (SSSR count). The third-order valence-corrected chi connectivity index (χ3v) is 3.98. The van der Waals surface area contributed by atoms with Gasteiger partial charge in [-0.1, -0.05) is 37.3 Å². The van der Waals surface area contributed by atoms with Crippen molar-refractivity contribution in [3.05, 3.63) is 65.4 Å². The summed E-state index contributed by atoms with van der Waals surface area (Å²) < 4.78 is 0. The Morgan fingerprint density at radius 1 is 1.17 bits per heavy atom. The van der Waals surface area contributed by atoms with E-state index in [9.17, 15) is 9.90 Å². The summed E-state index contributed by atoms with van der Waals surface area (Å²) in [6, 6.07) is 14.4. The number of hydrogen-bond donors (Lipinski definition) is 2. The average Bonchev–Trinajstić information content (AvgIpc) is 2.83. The van der Waals surface area contributed by atoms with E-state index >= 15 is 0 Å². The number of anilines is 1. The number of nitrogens with zero attached hydrogens (tertiary/aromatic N) is 1. The van der Waals surface area contributed by atoms with Crippen molar-refractivity contribution >= 4 is 35.0 Å². The zero-order chi connectivity index (χ0) is 16.4. The Hall–Kier alpha value is -2.66. The van der Waals surface area contributed by atoms with Gasteiger partial charge in [-0.05, 0) is 54.0 Å². The van der Waals surface area contributed by atoms with E-state index in [4.69, 9.17) is 12.2 Å². The first-order valence-electron chi connectivity index (χ1n) is 7.34. The fourth-order valence-electron chi connectivity index (χ4n) is 2.52. The molecular formula is C18H16N2O2S. The minimum absolute atomic E-state index is 0.177. The van der Waals surface area contributed by atoms with Gasteiger partial charge in [0, 0.05) is 0 Å². The van der Waals surface area contributed by atoms with E-state index < -0.39 is 0 Å². The molecule has 0 atom stereocenters. The monoisotopic (exact) mass is 324 g/mol. The first-order valence-corrected chi connectivity index (χ1v) is 7.75. The second kappa shape index (κ2) is 6.22. The maximum absolute atomic E-state index is 12.7. The fraction of sp³-hybridized carbons (Fsp3) is 0.111. The highest BCUT2D eigenvalue weighted by molar-refractivity contribution is 7.80. The van der Waals surface area contributed by atoms with Crippen LogP contribution in [0.3, 0.4) is 0 Å². The molecule has 2 N–H and O–H groups in total. The summed E-state index contributed by atoms with van der Waals surface area (Å²) in [5.74, 6) is 0.0100. The molecule has 1 aliphatic heterocycles. The van der Waals surface area contributed by atoms with Gasteiger partial charge in [-0.15, -0.1) is 0 Å². The summed E-state index contributed by atoms with van der Waals surface area (Å²) in [5.41, 5.74) is 3.11. The molecule has 2 aromatic rings. The van der Waals surface area contributed by atoms with E-state index in [1.54, 1.807) is 30.3 Å². The number of para-hydroxylation sites is 1. The molecule has 116 valence electrons. The molecule has 1 fully saturated rings. The number of amides is 1. The molecular weight excluding hydrogens is 308 g/mol. The lowest BCUT2D eigenvalue weighted by atomic mass is 10.1. The largest absolute Gasteiger partial charge is 0.508 e. The van der Waals surface area contributed by atoms with Gasteiger partial charge in [0.25, 0.3) is 5.91 Å². The topological polar surface area (TPSA) is 52.6 Å². The van der Waals surface area contributed by atoms with Gasteiger partial charge < -0.3 is 10.4 Å². The molecule has 0 radical (unpaired) electrons. The molecule has 1 saturated heterocycles. The van der Waals surface area contributed by atoms with Crippen LogP contribution in [0.4, 0.5) is 5.69 Å². The van der Waals surface area contributed by atoms with Crippen molar-refractivity contribution in [2.75, 3.05) is 4.90 Å². The molecule has 4 nitrogen and oxygen atoms in total. The van der Waals surface area contributed by atoms with Crippen molar-refractivity contribution in [1.29, 1.82) is 0 Å². The zero-order valence-corrected chi connectivity index (χ0v) is 13.4. The lowest BCUT2D eigenvalue weighted by molar-refractivity contribution is -0.113. The second-order valence-electron chi connectivity index (χ2n) is 5.20. The molecule has 0 unspecified atom stereocenters. The quantitative estimate of drug-likeness (QED) is 0.672. The van der Waals surface area contributed by atoms with Gasteiger partial charge in [-0.25, -0.2) is 0 Å². The Kier molecular flexibility index (Phi) is 4.12. The summed E-state index contributed by atoms with van der Waals surface area (Å²) in [6.07, 6.45) is 2.54. The maximum Gasteiger partial charge on any atom is 0.281 e. The van der Waals surface area contributed by atoms with Crippen LogP contribution in [0.5, 0.6) is 5.75 Å². The molecule has 0 spiro atoms. The van der Waals surface area contributed by atoms with Gasteiger partial charge in [0.2, 0.25) is 0 Å². The molecule has 0 aromatic heterocycles. The summed E-state index contributed by atoms with van der Waals surface area (Å²) in [6.45, 7) is 2.04. The van der Waals surface area contributed by atoms with Gasteiger partial charge in [0.1, 0.15) is 11.4 Å². The predicted molar refractivity (Wildman–Crippen MR) is 95.1 cm³/mol. The van der Waals surface area contributed by atoms with E-state index in [1.807, 2.05) is 31.2 Å². The first kappa shape index (κ1) is 15.2. The number of thiocarbonyl (C=S) groups is 1. The number of carbonyl (C=O) groups excluding carboxylic acids is 1. The van der Waals surface area contributed by atoms with E-state index in [2.05, 4.69) is 5.32 Å². The average molecular weight is 324 g/mol. The van der Waals surface area contributed by atoms with Crippen molar-refractivity contribution in [3.8, 4) is 5.75 Å². The third-order valence-electron chi connectivity index (χ3n) is 3.70. The van der Waals surface area contributed by atoms with Crippen molar-refractivity contribution < 1.29 is 9.90 Å². The van der Waals surface area contributed by atoms with E-state index in [-0.39, 0.29) is 11.7 Å². The van der Waals surface area contributed by atoms with E-state index in [1.165, 1.54) is 4.90 Å². The number of rotatable bonds is 3. The molecule has 0 bridgehead atoms. The Morgan fingerprint density at radius 2 is 1.87 bits per heavy atom. The van der Waals surface area contributed by atoms with Crippen LogP contribution >= 0.6 is 12.2 Å². The van der Waals surface area contributed by atoms with E-state index in [0.29, 0.717) is 10.8 Å². The van der Waals surface area contributed by atoms with Crippen molar-refractivity contribution in [3.63, 3.8) is 0 Å². The molecule has 1 amide bonds. The number of aryl methyl sites for hydroxylation is 1. The molecule has 0 aliphatic carbocycles. The summed E-state index contributed by atoms with van der Waals surface area (Å²) in [4.78, 5) is 14.2. The highest BCUT2D eigenvalue weighted by Gasteiger charge is 2.32. The van der Waals surface area contributed by atoms with Crippen LogP contribution in [-0.4, -0.2) is 16.1 Å². The van der Waals surface area contributed by atoms with Gasteiger partial charge in [0.15, 0.2) is 5.11 Å². The van der Waals surface area contributed by atoms with Crippen molar-refractivity contribution in [2.24, 2.45) is 0 Å². The first-order chi connectivity index (χ1) is 11.1. The third kappa shape index (κ3) is 2.96. The van der Waals surface area contributed by atoms with Crippen LogP contribution in [0.2, 0.25) is 0 Å². The second-order valence-corrected chi connectivity index (χ2v) is 5.59. The summed E-state index contributed by atoms with van der Waals surface area (Å²) in [7, 11) is 0. The number of benzene rings is 2. The fourth-order valence-corrected chi connectivity index (χ4v) is 2.81. The van der Waals surface area contributed by atoms with Crippen LogP contribution in [0.25, 0.3) is 6.08 Å². The molecule has 1 heterocycles.